The van der Waals surface area contributed by atoms with Crippen molar-refractivity contribution >= 4 is 35.6 Å². The predicted octanol–water partition coefficient (Wildman–Crippen LogP) is 2.46. The quantitative estimate of drug-likeness (QED) is 0.133. The fourth-order valence-electron chi connectivity index (χ4n) is 7.05. The van der Waals surface area contributed by atoms with Gasteiger partial charge in [-0.1, -0.05) is 100 Å². The summed E-state index contributed by atoms with van der Waals surface area (Å²) in [6.45, 7) is 4.49. The number of carbonyl (C=O) groups is 6. The molecule has 2 aromatic rings. The molecule has 4 rings (SSSR count). The SMILES string of the molecule is CCC(C)C(NC(=O)[C@@H]1CCCN1C(=O)[C@@H](O)[C@H](Cc1ccccc1)NC(=O)[C@H](CC(N)=O)NC(=O)OCc1ccccc1)C(=O)NCC1CCCCC1. The van der Waals surface area contributed by atoms with E-state index in [1.807, 2.05) is 19.9 Å². The number of alkyl carbamates (subject to hydrolysis) is 1. The fraction of sp³-hybridized carbons (Fsp3) is 0.550. The number of amides is 6. The van der Waals surface area contributed by atoms with E-state index < -0.39 is 66.4 Å². The highest BCUT2D eigenvalue weighted by Crippen LogP contribution is 2.24. The number of aliphatic hydroxyl groups is 1. The van der Waals surface area contributed by atoms with Gasteiger partial charge in [-0.15, -0.1) is 0 Å². The van der Waals surface area contributed by atoms with Crippen LogP contribution in [0, 0.1) is 11.8 Å². The third-order valence-corrected chi connectivity index (χ3v) is 10.4. The highest BCUT2D eigenvalue weighted by molar-refractivity contribution is 5.94. The van der Waals surface area contributed by atoms with Gasteiger partial charge in [0.15, 0.2) is 6.10 Å². The van der Waals surface area contributed by atoms with E-state index in [9.17, 15) is 33.9 Å². The highest BCUT2D eigenvalue weighted by Gasteiger charge is 2.41. The number of primary amides is 1. The molecule has 1 saturated heterocycles. The van der Waals surface area contributed by atoms with Gasteiger partial charge in [0, 0.05) is 13.1 Å². The van der Waals surface area contributed by atoms with E-state index in [-0.39, 0.29) is 31.4 Å². The molecule has 2 aliphatic rings. The summed E-state index contributed by atoms with van der Waals surface area (Å²) in [5.74, 6) is -3.02. The number of aliphatic hydroxyl groups excluding tert-OH is 1. The first-order valence-electron chi connectivity index (χ1n) is 19.1. The third-order valence-electron chi connectivity index (χ3n) is 10.4. The predicted molar refractivity (Wildman–Crippen MR) is 201 cm³/mol. The molecular weight excluding hydrogens is 692 g/mol. The van der Waals surface area contributed by atoms with E-state index in [1.54, 1.807) is 54.6 Å². The standard InChI is InChI=1S/C40H56N6O8/c1-3-26(2)34(38(51)42-24-28-16-9-5-10-17-28)45-37(50)32-20-13-21-46(32)39(52)35(48)30(22-27-14-7-4-8-15-27)43-36(49)31(23-33(41)47)44-40(53)54-25-29-18-11-6-12-19-29/h4,6-8,11-12,14-15,18-19,26,28,30-32,34-35,48H,3,5,9-10,13,16-17,20-25H2,1-2H3,(H2,41,47)(H,42,51)(H,43,49)(H,44,53)(H,45,50)/t26?,30-,31-,32-,34?,35-/m0/s1. The maximum atomic E-state index is 14.0. The molecule has 0 bridgehead atoms. The lowest BCUT2D eigenvalue weighted by atomic mass is 9.89. The topological polar surface area (TPSA) is 209 Å². The Bertz CT molecular complexity index is 1550. The lowest BCUT2D eigenvalue weighted by Gasteiger charge is -2.32. The first kappa shape index (κ1) is 41.8. The first-order chi connectivity index (χ1) is 26.0. The van der Waals surface area contributed by atoms with Gasteiger partial charge in [-0.25, -0.2) is 4.79 Å². The number of hydrogen-bond acceptors (Lipinski definition) is 8. The molecule has 0 spiro atoms. The van der Waals surface area contributed by atoms with Gasteiger partial charge in [0.1, 0.15) is 24.7 Å². The van der Waals surface area contributed by atoms with Gasteiger partial charge in [-0.05, 0) is 55.1 Å². The van der Waals surface area contributed by atoms with Crippen molar-refractivity contribution < 1.29 is 38.6 Å². The Hall–Kier alpha value is -4.98. The number of nitrogens with zero attached hydrogens (tertiary/aromatic N) is 1. The average molecular weight is 749 g/mol. The lowest BCUT2D eigenvalue weighted by molar-refractivity contribution is -0.147. The Morgan fingerprint density at radius 1 is 0.852 bits per heavy atom. The van der Waals surface area contributed by atoms with E-state index in [2.05, 4.69) is 21.3 Å². The Morgan fingerprint density at radius 2 is 1.50 bits per heavy atom. The molecule has 54 heavy (non-hydrogen) atoms. The summed E-state index contributed by atoms with van der Waals surface area (Å²) in [4.78, 5) is 80.6. The van der Waals surface area contributed by atoms with Gasteiger partial charge >= 0.3 is 6.09 Å². The fourth-order valence-corrected chi connectivity index (χ4v) is 7.05. The minimum Gasteiger partial charge on any atom is -0.445 e. The molecule has 1 aliphatic heterocycles. The molecule has 0 radical (unpaired) electrons. The van der Waals surface area contributed by atoms with E-state index in [0.717, 1.165) is 25.7 Å². The Labute approximate surface area is 317 Å². The van der Waals surface area contributed by atoms with Crippen LogP contribution in [0.5, 0.6) is 0 Å². The Morgan fingerprint density at radius 3 is 2.13 bits per heavy atom. The molecule has 6 atom stereocenters. The number of hydrogen-bond donors (Lipinski definition) is 6. The first-order valence-corrected chi connectivity index (χ1v) is 19.1. The number of likely N-dealkylation sites (tertiary alicyclic amines) is 1. The lowest BCUT2D eigenvalue weighted by Crippen LogP contribution is -2.59. The van der Waals surface area contributed by atoms with Gasteiger partial charge < -0.3 is 41.7 Å². The monoisotopic (exact) mass is 748 g/mol. The van der Waals surface area contributed by atoms with Crippen LogP contribution in [0.4, 0.5) is 4.79 Å². The molecule has 7 N–H and O–H groups in total. The molecular formula is C40H56N6O8. The summed E-state index contributed by atoms with van der Waals surface area (Å²) in [6.07, 6.45) is 3.74. The summed E-state index contributed by atoms with van der Waals surface area (Å²) in [7, 11) is 0. The molecule has 14 nitrogen and oxygen atoms in total. The van der Waals surface area contributed by atoms with Gasteiger partial charge in [0.2, 0.25) is 23.6 Å². The van der Waals surface area contributed by atoms with Crippen molar-refractivity contribution in [3.05, 3.63) is 71.8 Å². The van der Waals surface area contributed by atoms with E-state index >= 15 is 0 Å². The second-order valence-corrected chi connectivity index (χ2v) is 14.5. The number of ether oxygens (including phenoxy) is 1. The van der Waals surface area contributed by atoms with Gasteiger partial charge in [-0.3, -0.25) is 24.0 Å². The summed E-state index contributed by atoms with van der Waals surface area (Å²) in [5.41, 5.74) is 6.79. The minimum atomic E-state index is -1.81. The van der Waals surface area contributed by atoms with Crippen molar-refractivity contribution in [1.29, 1.82) is 0 Å². The van der Waals surface area contributed by atoms with Crippen LogP contribution in [-0.4, -0.2) is 89.0 Å². The zero-order chi connectivity index (χ0) is 39.0. The van der Waals surface area contributed by atoms with Crippen molar-refractivity contribution in [1.82, 2.24) is 26.2 Å². The highest BCUT2D eigenvalue weighted by atomic mass is 16.5. The average Bonchev–Trinajstić information content (AvgIpc) is 3.68. The Balaban J connectivity index is 1.45. The largest absolute Gasteiger partial charge is 0.445 e. The second-order valence-electron chi connectivity index (χ2n) is 14.5. The minimum absolute atomic E-state index is 0.00316. The van der Waals surface area contributed by atoms with Crippen LogP contribution in [-0.2, 0) is 41.7 Å². The number of nitrogens with two attached hydrogens (primary N) is 1. The summed E-state index contributed by atoms with van der Waals surface area (Å²) >= 11 is 0. The van der Waals surface area contributed by atoms with Crippen molar-refractivity contribution in [3.63, 3.8) is 0 Å². The number of rotatable bonds is 18. The summed E-state index contributed by atoms with van der Waals surface area (Å²) in [6, 6.07) is 13.3. The zero-order valence-corrected chi connectivity index (χ0v) is 31.3. The van der Waals surface area contributed by atoms with Crippen LogP contribution >= 0.6 is 0 Å². The van der Waals surface area contributed by atoms with Crippen molar-refractivity contribution in [3.8, 4) is 0 Å². The molecule has 2 aromatic carbocycles. The van der Waals surface area contributed by atoms with E-state index in [0.29, 0.717) is 42.9 Å². The maximum absolute atomic E-state index is 14.0. The Kier molecular flexibility index (Phi) is 16.3. The van der Waals surface area contributed by atoms with Crippen molar-refractivity contribution in [2.45, 2.75) is 115 Å². The third kappa shape index (κ3) is 12.6. The molecule has 2 fully saturated rings. The van der Waals surface area contributed by atoms with E-state index in [4.69, 9.17) is 10.5 Å². The smallest absolute Gasteiger partial charge is 0.408 e. The maximum Gasteiger partial charge on any atom is 0.408 e. The van der Waals surface area contributed by atoms with Gasteiger partial charge in [0.05, 0.1) is 12.5 Å². The van der Waals surface area contributed by atoms with Crippen LogP contribution in [0.1, 0.15) is 82.8 Å². The summed E-state index contributed by atoms with van der Waals surface area (Å²) < 4.78 is 5.23. The van der Waals surface area contributed by atoms with Crippen molar-refractivity contribution in [2.75, 3.05) is 13.1 Å². The van der Waals surface area contributed by atoms with Crippen LogP contribution in [0.2, 0.25) is 0 Å². The van der Waals surface area contributed by atoms with Crippen LogP contribution in [0.25, 0.3) is 0 Å². The van der Waals surface area contributed by atoms with Crippen LogP contribution in [0.15, 0.2) is 60.7 Å². The van der Waals surface area contributed by atoms with Crippen LogP contribution in [0.3, 0.4) is 0 Å². The van der Waals surface area contributed by atoms with Gasteiger partial charge in [-0.2, -0.15) is 0 Å². The molecule has 0 aromatic heterocycles. The molecule has 6 amide bonds. The molecule has 2 unspecified atom stereocenters. The molecule has 1 heterocycles. The molecule has 1 aliphatic carbocycles. The zero-order valence-electron chi connectivity index (χ0n) is 31.3. The second kappa shape index (κ2) is 21.0. The van der Waals surface area contributed by atoms with E-state index in [1.165, 1.54) is 11.3 Å². The number of benzene rings is 2. The number of carbonyl (C=O) groups excluding carboxylic acids is 6. The molecule has 1 saturated carbocycles. The summed E-state index contributed by atoms with van der Waals surface area (Å²) in [5, 5.41) is 22.5. The number of nitrogens with one attached hydrogen (secondary N) is 4. The van der Waals surface area contributed by atoms with Crippen molar-refractivity contribution in [2.24, 2.45) is 17.6 Å². The molecule has 14 heteroatoms. The molecule has 294 valence electrons. The normalized spacial score (nSPS) is 18.6. The van der Waals surface area contributed by atoms with Crippen LogP contribution < -0.4 is 27.0 Å². The van der Waals surface area contributed by atoms with Gasteiger partial charge in [0.25, 0.3) is 5.91 Å².